The Labute approximate surface area is 476 Å². The second kappa shape index (κ2) is 16.9. The minimum atomic E-state index is 0.452. The highest BCUT2D eigenvalue weighted by atomic mass is 15.3. The first-order valence-corrected chi connectivity index (χ1v) is 28.1. The van der Waals surface area contributed by atoms with Crippen LogP contribution in [0.5, 0.6) is 0 Å². The first kappa shape index (κ1) is 45.0. The molecule has 0 aliphatic heterocycles. The summed E-state index contributed by atoms with van der Waals surface area (Å²) in [5, 5.41) is 13.1. The van der Waals surface area contributed by atoms with Crippen molar-refractivity contribution < 1.29 is 0 Å². The highest BCUT2D eigenvalue weighted by molar-refractivity contribution is 6.27. The summed E-state index contributed by atoms with van der Waals surface area (Å²) < 4.78 is 13.9. The third-order valence-electron chi connectivity index (χ3n) is 17.3. The maximum atomic E-state index is 5.91. The van der Waals surface area contributed by atoms with Gasteiger partial charge in [0.15, 0.2) is 0 Å². The van der Waals surface area contributed by atoms with Crippen LogP contribution >= 0.6 is 0 Å². The van der Waals surface area contributed by atoms with Crippen molar-refractivity contribution in [1.29, 1.82) is 0 Å². The summed E-state index contributed by atoms with van der Waals surface area (Å²) in [5.41, 5.74) is 14.8. The maximum Gasteiger partial charge on any atom is 0.241 e. The van der Waals surface area contributed by atoms with E-state index in [1.807, 2.05) is 55.4 Å². The number of para-hydroxylation sites is 6. The van der Waals surface area contributed by atoms with Gasteiger partial charge in [0.25, 0.3) is 0 Å². The Bertz CT molecular complexity index is 5390. The molecular formula is C72H42N12. The van der Waals surface area contributed by atoms with Crippen LogP contribution in [0.2, 0.25) is 0 Å². The molecule has 12 nitrogen and oxygen atoms in total. The number of nitrogens with zero attached hydrogens (tertiary/aromatic N) is 12. The monoisotopic (exact) mass is 1070 g/mol. The van der Waals surface area contributed by atoms with Crippen molar-refractivity contribution >= 4 is 131 Å². The molecule has 19 rings (SSSR count). The van der Waals surface area contributed by atoms with Gasteiger partial charge in [0, 0.05) is 83.2 Å². The van der Waals surface area contributed by atoms with Gasteiger partial charge in [-0.05, 0) is 72.8 Å². The standard InChI is InChI=1S/C72H42N12/c1-7-25-58-46(19-1)52-31-34-55-49-22-4-10-28-61(49)82(67(55)64(52)79(58)43-16-13-37-73-40-43)70-76-71(83-62-29-11-5-23-50(62)56-35-32-53-47-20-2-8-26-59(47)80(65(53)68(56)83)44-17-14-38-74-41-44)78-72(77-70)84-63-30-12-6-24-51(63)57-36-33-54-48-21-3-9-27-60(48)81(66(54)69(57)84)45-18-15-39-75-42-45/h1-42H. The fourth-order valence-corrected chi connectivity index (χ4v) is 14.0. The van der Waals surface area contributed by atoms with Gasteiger partial charge < -0.3 is 13.7 Å². The molecule has 19 aromatic rings. The molecule has 0 bridgehead atoms. The zero-order valence-electron chi connectivity index (χ0n) is 44.6. The zero-order chi connectivity index (χ0) is 54.7. The summed E-state index contributed by atoms with van der Waals surface area (Å²) in [5.74, 6) is 1.36. The summed E-state index contributed by atoms with van der Waals surface area (Å²) >= 11 is 0. The van der Waals surface area contributed by atoms with Crippen molar-refractivity contribution in [3.8, 4) is 34.9 Å². The van der Waals surface area contributed by atoms with Gasteiger partial charge in [-0.2, -0.15) is 15.0 Å². The van der Waals surface area contributed by atoms with Crippen LogP contribution in [0.1, 0.15) is 0 Å². The van der Waals surface area contributed by atoms with Gasteiger partial charge in [0.2, 0.25) is 17.8 Å². The highest BCUT2D eigenvalue weighted by Gasteiger charge is 2.29. The smallest absolute Gasteiger partial charge is 0.241 e. The molecule has 0 radical (unpaired) electrons. The van der Waals surface area contributed by atoms with Crippen LogP contribution in [0.3, 0.4) is 0 Å². The Hall–Kier alpha value is -11.8. The summed E-state index contributed by atoms with van der Waals surface area (Å²) in [6.07, 6.45) is 11.3. The molecule has 0 saturated carbocycles. The van der Waals surface area contributed by atoms with E-state index in [2.05, 4.69) is 243 Å². The quantitative estimate of drug-likeness (QED) is 0.164. The first-order valence-electron chi connectivity index (χ1n) is 28.1. The summed E-state index contributed by atoms with van der Waals surface area (Å²) in [4.78, 5) is 31.8. The third kappa shape index (κ3) is 5.98. The lowest BCUT2D eigenvalue weighted by Gasteiger charge is -2.16. The molecule has 390 valence electrons. The van der Waals surface area contributed by atoms with Crippen LogP contribution in [0.4, 0.5) is 0 Å². The zero-order valence-corrected chi connectivity index (χ0v) is 44.6. The van der Waals surface area contributed by atoms with Crippen molar-refractivity contribution in [2.24, 2.45) is 0 Å². The minimum Gasteiger partial charge on any atom is -0.306 e. The second-order valence-electron chi connectivity index (χ2n) is 21.6. The van der Waals surface area contributed by atoms with E-state index in [0.717, 1.165) is 148 Å². The van der Waals surface area contributed by atoms with Crippen molar-refractivity contribution in [2.75, 3.05) is 0 Å². The van der Waals surface area contributed by atoms with Gasteiger partial charge in [-0.1, -0.05) is 146 Å². The molecular weight excluding hydrogens is 1030 g/mol. The SMILES string of the molecule is c1cncc(-n2c3ccccc3c3ccc4c5ccccc5n(-c5nc(-n6c7ccccc7c7ccc8c9ccccc9n(-c9cccnc9)c8c76)nc(-n6c7ccccc7c7ccc8c9ccccc9n(-c9cccnc9)c8c76)n5)c4c32)c1. The first-order chi connectivity index (χ1) is 41.7. The molecule has 12 heteroatoms. The van der Waals surface area contributed by atoms with E-state index in [1.54, 1.807) is 0 Å². The number of pyridine rings is 3. The molecule has 0 aliphatic carbocycles. The van der Waals surface area contributed by atoms with Crippen LogP contribution in [0.15, 0.2) is 256 Å². The maximum absolute atomic E-state index is 5.91. The lowest BCUT2D eigenvalue weighted by molar-refractivity contribution is 0.848. The predicted molar refractivity (Wildman–Crippen MR) is 339 cm³/mol. The number of benzene rings is 9. The van der Waals surface area contributed by atoms with E-state index in [-0.39, 0.29) is 0 Å². The lowest BCUT2D eigenvalue weighted by atomic mass is 10.1. The summed E-state index contributed by atoms with van der Waals surface area (Å²) in [6, 6.07) is 77.8. The highest BCUT2D eigenvalue weighted by Crippen LogP contribution is 2.46. The molecule has 0 aliphatic rings. The van der Waals surface area contributed by atoms with Crippen LogP contribution in [-0.4, -0.2) is 57.3 Å². The van der Waals surface area contributed by atoms with Gasteiger partial charge in [-0.3, -0.25) is 28.7 Å². The largest absolute Gasteiger partial charge is 0.306 e. The Morgan fingerprint density at radius 1 is 0.190 bits per heavy atom. The predicted octanol–water partition coefficient (Wildman–Crippen LogP) is 16.6. The third-order valence-corrected chi connectivity index (χ3v) is 17.3. The van der Waals surface area contributed by atoms with Gasteiger partial charge in [-0.15, -0.1) is 0 Å². The Balaban J connectivity index is 1.04. The average molecular weight is 1080 g/mol. The molecule has 0 amide bonds. The Morgan fingerprint density at radius 3 is 0.631 bits per heavy atom. The summed E-state index contributed by atoms with van der Waals surface area (Å²) in [7, 11) is 0. The normalized spacial score (nSPS) is 12.3. The molecule has 0 N–H and O–H groups in total. The van der Waals surface area contributed by atoms with E-state index in [0.29, 0.717) is 17.8 Å². The van der Waals surface area contributed by atoms with Crippen molar-refractivity contribution in [1.82, 2.24) is 57.3 Å². The van der Waals surface area contributed by atoms with E-state index in [1.165, 1.54) is 0 Å². The molecule has 0 atom stereocenters. The number of aromatic nitrogens is 12. The molecule has 9 aromatic carbocycles. The fourth-order valence-electron chi connectivity index (χ4n) is 14.0. The van der Waals surface area contributed by atoms with Gasteiger partial charge in [-0.25, -0.2) is 0 Å². The van der Waals surface area contributed by atoms with E-state index < -0.39 is 0 Å². The molecule has 84 heavy (non-hydrogen) atoms. The topological polar surface area (TPSA) is 107 Å². The van der Waals surface area contributed by atoms with Crippen LogP contribution < -0.4 is 0 Å². The Morgan fingerprint density at radius 2 is 0.405 bits per heavy atom. The molecule has 0 unspecified atom stereocenters. The van der Waals surface area contributed by atoms with Gasteiger partial charge >= 0.3 is 0 Å². The van der Waals surface area contributed by atoms with Crippen molar-refractivity contribution in [3.05, 3.63) is 256 Å². The van der Waals surface area contributed by atoms with Crippen LogP contribution in [0, 0.1) is 0 Å². The van der Waals surface area contributed by atoms with E-state index in [9.17, 15) is 0 Å². The number of hydrogen-bond acceptors (Lipinski definition) is 6. The van der Waals surface area contributed by atoms with Crippen molar-refractivity contribution in [2.45, 2.75) is 0 Å². The van der Waals surface area contributed by atoms with Crippen LogP contribution in [0.25, 0.3) is 166 Å². The second-order valence-corrected chi connectivity index (χ2v) is 21.6. The van der Waals surface area contributed by atoms with E-state index in [4.69, 9.17) is 15.0 Å². The molecule has 10 heterocycles. The number of hydrogen-bond donors (Lipinski definition) is 0. The van der Waals surface area contributed by atoms with Crippen molar-refractivity contribution in [3.63, 3.8) is 0 Å². The number of fused-ring (bicyclic) bond motifs is 21. The van der Waals surface area contributed by atoms with Crippen LogP contribution in [-0.2, 0) is 0 Å². The molecule has 0 fully saturated rings. The number of rotatable bonds is 6. The molecule has 10 aromatic heterocycles. The molecule has 0 spiro atoms. The Kier molecular flexibility index (Phi) is 9.05. The summed E-state index contributed by atoms with van der Waals surface area (Å²) in [6.45, 7) is 0. The fraction of sp³-hybridized carbons (Fsp3) is 0. The van der Waals surface area contributed by atoms with E-state index >= 15 is 0 Å². The average Bonchev–Trinajstić information content (AvgIpc) is 3.46. The lowest BCUT2D eigenvalue weighted by Crippen LogP contribution is -2.14. The van der Waals surface area contributed by atoms with Gasteiger partial charge in [0.05, 0.1) is 102 Å². The molecule has 0 saturated heterocycles. The van der Waals surface area contributed by atoms with Gasteiger partial charge in [0.1, 0.15) is 0 Å². The minimum absolute atomic E-state index is 0.452.